The van der Waals surface area contributed by atoms with Crippen molar-refractivity contribution in [2.45, 2.75) is 366 Å². The minimum Gasteiger partial charge on any atom is -0.0654 e. The average Bonchev–Trinajstić information content (AvgIpc) is 1.50. The van der Waals surface area contributed by atoms with Crippen molar-refractivity contribution in [1.29, 1.82) is 0 Å². The molecule has 143 heavy (non-hydrogen) atoms. The lowest BCUT2D eigenvalue weighted by Crippen LogP contribution is -2.27. The molecule has 0 atom stereocenters. The fourth-order valence-corrected chi connectivity index (χ4v) is 20.5. The van der Waals surface area contributed by atoms with Crippen molar-refractivity contribution >= 4 is 10.8 Å². The van der Waals surface area contributed by atoms with E-state index in [0.29, 0.717) is 0 Å². The van der Waals surface area contributed by atoms with Crippen LogP contribution < -0.4 is 0 Å². The summed E-state index contributed by atoms with van der Waals surface area (Å²) >= 11 is 0. The topological polar surface area (TPSA) is 0 Å². The van der Waals surface area contributed by atoms with Crippen molar-refractivity contribution in [3.8, 4) is 44.5 Å². The van der Waals surface area contributed by atoms with Gasteiger partial charge in [-0.1, -0.05) is 481 Å². The number of hydrogen-bond acceptors (Lipinski definition) is 0. The molecule has 2 aliphatic rings. The van der Waals surface area contributed by atoms with Crippen LogP contribution in [0.25, 0.3) is 55.3 Å². The smallest absolute Gasteiger partial charge is 0.0654 e. The molecule has 17 rings (SSSR count). The van der Waals surface area contributed by atoms with Gasteiger partial charge < -0.3 is 0 Å². The Balaban J connectivity index is 0.000000187. The Kier molecular flexibility index (Phi) is 44.8. The van der Waals surface area contributed by atoms with Crippen LogP contribution in [0.2, 0.25) is 0 Å². The maximum atomic E-state index is 2.52. The number of unbranched alkanes of at least 4 members (excludes halogenated alkanes) is 12. The lowest BCUT2D eigenvalue weighted by Gasteiger charge is -2.33. The third kappa shape index (κ3) is 33.3. The Morgan fingerprint density at radius 2 is 0.490 bits per heavy atom. The SMILES string of the molecule is CCCCCCc1cc(C)c(C)cc1C.CCCCCCc1cc(C)c(CCCCCC)cc1C.CCCCCCc1cc(C)cc(C)c1.Cc1cc(-c2ccccc2)c(C)cc1-c1ccccc1.Cc1cc(C)c2cc(C)cc(C)c2c1.Cc1ccc(C)cc1.Cc1ccc2c(c1)C1(c3cc(C)ccc3-2)c2cc(C(C)(C)C)ccc2-c2ccc(C(C)(C)C)cc21.Cc1cccc(C)c1.Cc1cccc(C)c1C. The second-order valence-corrected chi connectivity index (χ2v) is 44.5. The van der Waals surface area contributed by atoms with E-state index in [1.165, 1.54) is 345 Å². The first kappa shape index (κ1) is 115. The summed E-state index contributed by atoms with van der Waals surface area (Å²) in [6.07, 6.45) is 26.8. The van der Waals surface area contributed by atoms with Gasteiger partial charge in [0.1, 0.15) is 0 Å². The van der Waals surface area contributed by atoms with Crippen molar-refractivity contribution in [2.75, 3.05) is 0 Å². The van der Waals surface area contributed by atoms with Gasteiger partial charge in [-0.25, -0.2) is 0 Å². The molecule has 0 N–H and O–H groups in total. The number of aryl methyl sites for hydroxylation is 25. The number of benzene rings is 15. The molecule has 2 aliphatic carbocycles. The zero-order chi connectivity index (χ0) is 104. The van der Waals surface area contributed by atoms with E-state index in [4.69, 9.17) is 0 Å². The van der Waals surface area contributed by atoms with Crippen LogP contribution in [0.3, 0.4) is 0 Å². The summed E-state index contributed by atoms with van der Waals surface area (Å²) in [5.41, 5.74) is 55.8. The quantitative estimate of drug-likeness (QED) is 0.0593. The van der Waals surface area contributed by atoms with Gasteiger partial charge in [0, 0.05) is 0 Å². The predicted molar refractivity (Wildman–Crippen MR) is 636 cm³/mol. The van der Waals surface area contributed by atoms with Crippen molar-refractivity contribution in [3.05, 3.63) is 457 Å². The Morgan fingerprint density at radius 3 is 0.832 bits per heavy atom. The molecule has 1 spiro atoms. The third-order valence-corrected chi connectivity index (χ3v) is 29.3. The van der Waals surface area contributed by atoms with Crippen LogP contribution in [0.15, 0.2) is 279 Å². The van der Waals surface area contributed by atoms with Crippen molar-refractivity contribution in [2.24, 2.45) is 0 Å². The molecule has 754 valence electrons. The minimum atomic E-state index is -0.282. The molecule has 0 amide bonds. The Morgan fingerprint density at radius 1 is 0.189 bits per heavy atom. The van der Waals surface area contributed by atoms with Crippen LogP contribution in [0.5, 0.6) is 0 Å². The monoisotopic (exact) mass is 1900 g/mol. The van der Waals surface area contributed by atoms with Crippen molar-refractivity contribution in [1.82, 2.24) is 0 Å². The van der Waals surface area contributed by atoms with Gasteiger partial charge in [-0.3, -0.25) is 0 Å². The van der Waals surface area contributed by atoms with Gasteiger partial charge in [-0.15, -0.1) is 0 Å². The molecule has 0 nitrogen and oxygen atoms in total. The largest absolute Gasteiger partial charge is 0.0725 e. The van der Waals surface area contributed by atoms with Gasteiger partial charge in [0.25, 0.3) is 0 Å². The first-order chi connectivity index (χ1) is 68.1. The molecule has 0 fully saturated rings. The van der Waals surface area contributed by atoms with E-state index in [1.54, 1.807) is 16.7 Å². The van der Waals surface area contributed by atoms with E-state index >= 15 is 0 Å². The summed E-state index contributed by atoms with van der Waals surface area (Å²) in [4.78, 5) is 0. The Labute approximate surface area is 872 Å². The molecule has 0 unspecified atom stereocenters. The first-order valence-electron chi connectivity index (χ1n) is 54.7. The van der Waals surface area contributed by atoms with Crippen LogP contribution in [0, 0.1) is 152 Å². The van der Waals surface area contributed by atoms with Gasteiger partial charge in [0.15, 0.2) is 0 Å². The van der Waals surface area contributed by atoms with Crippen LogP contribution >= 0.6 is 0 Å². The minimum absolute atomic E-state index is 0.0883. The zero-order valence-electron chi connectivity index (χ0n) is 95.2. The molecule has 0 aliphatic heterocycles. The summed E-state index contributed by atoms with van der Waals surface area (Å²) in [5.74, 6) is 0. The second kappa shape index (κ2) is 55.6. The van der Waals surface area contributed by atoms with E-state index in [0.717, 1.165) is 0 Å². The normalized spacial score (nSPS) is 11.6. The van der Waals surface area contributed by atoms with Gasteiger partial charge in [-0.05, 0) is 392 Å². The van der Waals surface area contributed by atoms with E-state index < -0.39 is 0 Å². The molecule has 0 saturated carbocycles. The summed E-state index contributed by atoms with van der Waals surface area (Å²) in [7, 11) is 0. The highest BCUT2D eigenvalue weighted by Gasteiger charge is 2.52. The number of fused-ring (bicyclic) bond motifs is 11. The molecule has 15 aromatic rings. The highest BCUT2D eigenvalue weighted by atomic mass is 14.5. The first-order valence-corrected chi connectivity index (χ1v) is 54.7. The van der Waals surface area contributed by atoms with Gasteiger partial charge in [-0.2, -0.15) is 0 Å². The highest BCUT2D eigenvalue weighted by Crippen LogP contribution is 2.64. The summed E-state index contributed by atoms with van der Waals surface area (Å²) < 4.78 is 0. The standard InChI is InChI=1S/C35H36.C20H18.C20H34.C15H24.C14H16.C14H22.C9H12.2C8H10/c1-21-9-13-25-26-14-10-22(2)18-30(26)35(29(25)17-21)31-19-23(33(3,4)5)11-15-27(31)28-16-12-24(20-32(28)35)34(6,7)8;1-15-13-20(18-11-7-4-8-12-18)16(2)14-19(15)17-9-5-3-6-10-17;1-5-7-9-11-13-19-15-18(4)20(16-17(19)3)14-12-10-8-6-2;1-5-6-7-8-9-15-11-13(3)12(2)10-14(15)4;1-9-5-11(3)14-8-10(2)6-12(4)13(14)7-9;1-4-5-6-7-8-14-10-12(2)9-13(3)11-14;1-7-5-4-6-8(2)9(7)3;1-7-3-5-8(2)6-4-7;1-7-4-3-5-8(2)6-7/h9-20H,1-8H3;3-14H,1-2H3;15-16H,5-14H2,1-4H3;10-11H,5-9H2,1-4H3;5-8H,1-4H3;9-11H,4-8H2,1-3H3;4-6H,1-3H3;2*3-6H,1-2H3. The van der Waals surface area contributed by atoms with Crippen molar-refractivity contribution < 1.29 is 0 Å². The maximum absolute atomic E-state index is 2.52. The maximum Gasteiger partial charge on any atom is 0.0725 e. The summed E-state index contributed by atoms with van der Waals surface area (Å²) in [5, 5.41) is 2.79. The fourth-order valence-electron chi connectivity index (χ4n) is 20.5. The molecule has 15 aromatic carbocycles. The van der Waals surface area contributed by atoms with E-state index in [-0.39, 0.29) is 16.2 Å². The van der Waals surface area contributed by atoms with Gasteiger partial charge >= 0.3 is 0 Å². The van der Waals surface area contributed by atoms with Gasteiger partial charge in [0.05, 0.1) is 5.41 Å². The summed E-state index contributed by atoms with van der Waals surface area (Å²) in [6.45, 7) is 71.0. The second-order valence-electron chi connectivity index (χ2n) is 44.5. The predicted octanol–water partition coefficient (Wildman–Crippen LogP) is 41.9. The van der Waals surface area contributed by atoms with Crippen molar-refractivity contribution in [3.63, 3.8) is 0 Å². The van der Waals surface area contributed by atoms with Crippen LogP contribution in [0.1, 0.15) is 350 Å². The van der Waals surface area contributed by atoms with E-state index in [2.05, 4.69) is 501 Å². The van der Waals surface area contributed by atoms with Crippen LogP contribution in [-0.4, -0.2) is 0 Å². The highest BCUT2D eigenvalue weighted by molar-refractivity contribution is 5.96. The van der Waals surface area contributed by atoms with E-state index in [1.807, 2.05) is 0 Å². The summed E-state index contributed by atoms with van der Waals surface area (Å²) in [6, 6.07) is 103. The molecule has 0 bridgehead atoms. The molecule has 0 saturated heterocycles. The molecule has 0 heterocycles. The van der Waals surface area contributed by atoms with Crippen LogP contribution in [-0.2, 0) is 41.9 Å². The average molecular weight is 1900 g/mol. The third-order valence-electron chi connectivity index (χ3n) is 29.3. The van der Waals surface area contributed by atoms with Crippen LogP contribution in [0.4, 0.5) is 0 Å². The Hall–Kier alpha value is -11.4. The van der Waals surface area contributed by atoms with Gasteiger partial charge in [0.2, 0.25) is 0 Å². The Bertz CT molecular complexity index is 6200. The zero-order valence-corrected chi connectivity index (χ0v) is 95.2. The molecule has 0 radical (unpaired) electrons. The lowest BCUT2D eigenvalue weighted by molar-refractivity contribution is 0.586. The molecule has 0 aromatic heterocycles. The van der Waals surface area contributed by atoms with E-state index in [9.17, 15) is 0 Å². The molecular weight excluding hydrogens is 1720 g/mol. The number of rotatable bonds is 22. The lowest BCUT2D eigenvalue weighted by atomic mass is 9.68. The number of hydrogen-bond donors (Lipinski definition) is 0. The molecular formula is C143H182. The molecule has 0 heteroatoms. The fraction of sp³-hybridized carbons (Fsp3) is 0.385.